The van der Waals surface area contributed by atoms with E-state index >= 15 is 0 Å². The van der Waals surface area contributed by atoms with Crippen LogP contribution in [0.5, 0.6) is 0 Å². The standard InChI is InChI=1S/C16H32O19/c1-7(18)28-11(20)32-15(24)34-13(22)30-9(26-2)4-5-10(27-3)31-14(23)35-16(25)33-12(21)29-8(19)6-17/h4-5,7-25H,6H2,1-3H3. The third-order valence-corrected chi connectivity index (χ3v) is 3.07. The quantitative estimate of drug-likeness (QED) is 0.0497. The normalized spacial score (nSPS) is 21.1. The number of aliphatic hydroxyl groups excluding tert-OH is 9. The average molecular weight is 528 g/mol. The molecule has 10 unspecified atom stereocenters. The van der Waals surface area contributed by atoms with Crippen LogP contribution in [-0.4, -0.2) is 131 Å². The summed E-state index contributed by atoms with van der Waals surface area (Å²) in [6.07, 6.45) is -3.84. The first-order valence-electron chi connectivity index (χ1n) is 9.43. The molecule has 0 aromatic rings. The van der Waals surface area contributed by atoms with E-state index in [0.717, 1.165) is 33.3 Å². The van der Waals surface area contributed by atoms with Gasteiger partial charge in [0.25, 0.3) is 38.9 Å². The molecular weight excluding hydrogens is 496 g/mol. The van der Waals surface area contributed by atoms with Crippen LogP contribution in [-0.2, 0) is 47.4 Å². The van der Waals surface area contributed by atoms with E-state index in [1.165, 1.54) is 0 Å². The molecule has 0 aliphatic rings. The number of rotatable bonds is 21. The molecule has 210 valence electrons. The van der Waals surface area contributed by atoms with Crippen molar-refractivity contribution in [1.29, 1.82) is 0 Å². The molecule has 19 nitrogen and oxygen atoms in total. The maximum absolute atomic E-state index is 9.63. The second-order valence-electron chi connectivity index (χ2n) is 5.76. The van der Waals surface area contributed by atoms with Crippen LogP contribution in [0.1, 0.15) is 6.92 Å². The Morgan fingerprint density at radius 1 is 0.514 bits per heavy atom. The van der Waals surface area contributed by atoms with Crippen molar-refractivity contribution in [3.05, 3.63) is 12.2 Å². The van der Waals surface area contributed by atoms with E-state index in [-0.39, 0.29) is 0 Å². The maximum atomic E-state index is 9.63. The van der Waals surface area contributed by atoms with Crippen LogP contribution in [0.25, 0.3) is 0 Å². The first-order valence-corrected chi connectivity index (χ1v) is 9.43. The summed E-state index contributed by atoms with van der Waals surface area (Å²) in [5, 5.41) is 82.9. The maximum Gasteiger partial charge on any atom is 0.277 e. The molecule has 0 spiro atoms. The Labute approximate surface area is 198 Å². The predicted molar refractivity (Wildman–Crippen MR) is 100 cm³/mol. The highest BCUT2D eigenvalue weighted by Crippen LogP contribution is 2.10. The van der Waals surface area contributed by atoms with Gasteiger partial charge in [0, 0.05) is 14.2 Å². The summed E-state index contributed by atoms with van der Waals surface area (Å²) in [4.78, 5) is 0. The molecule has 9 N–H and O–H groups in total. The molecule has 0 rings (SSSR count). The molecule has 10 atom stereocenters. The van der Waals surface area contributed by atoms with Crippen molar-refractivity contribution in [2.75, 3.05) is 20.8 Å². The summed E-state index contributed by atoms with van der Waals surface area (Å²) in [5.74, 6) is 0. The predicted octanol–water partition coefficient (Wildman–Crippen LogP) is -5.08. The summed E-state index contributed by atoms with van der Waals surface area (Å²) in [6, 6.07) is 0. The molecule has 0 saturated carbocycles. The fourth-order valence-electron chi connectivity index (χ4n) is 1.71. The Balaban J connectivity index is 4.56. The van der Waals surface area contributed by atoms with Crippen LogP contribution in [0, 0.1) is 0 Å². The first-order chi connectivity index (χ1) is 16.4. The van der Waals surface area contributed by atoms with Gasteiger partial charge in [-0.3, -0.25) is 33.2 Å². The Bertz CT molecular complexity index is 537. The zero-order valence-electron chi connectivity index (χ0n) is 18.7. The number of aliphatic hydroxyl groups is 9. The van der Waals surface area contributed by atoms with Crippen molar-refractivity contribution in [3.8, 4) is 0 Å². The fourth-order valence-corrected chi connectivity index (χ4v) is 1.71. The highest BCUT2D eigenvalue weighted by atomic mass is 17.0. The lowest BCUT2D eigenvalue weighted by molar-refractivity contribution is -0.447. The van der Waals surface area contributed by atoms with Crippen molar-refractivity contribution >= 4 is 0 Å². The van der Waals surface area contributed by atoms with E-state index in [1.807, 2.05) is 0 Å². The minimum Gasteiger partial charge on any atom is -0.391 e. The lowest BCUT2D eigenvalue weighted by atomic mass is 10.4. The topological polar surface area (TPSA) is 274 Å². The zero-order valence-corrected chi connectivity index (χ0v) is 18.7. The molecule has 0 aliphatic heterocycles. The summed E-state index contributed by atoms with van der Waals surface area (Å²) in [7, 11) is 2.28. The average Bonchev–Trinajstić information content (AvgIpc) is 2.73. The number of ether oxygens (including phenoxy) is 10. The van der Waals surface area contributed by atoms with Gasteiger partial charge < -0.3 is 60.2 Å². The van der Waals surface area contributed by atoms with Crippen molar-refractivity contribution in [2.24, 2.45) is 0 Å². The SMILES string of the molecule is COC(C=CC(OC)OC(O)OC(O)OC(O)OC(O)CO)OC(O)OC(O)OC(O)OC(C)O. The highest BCUT2D eigenvalue weighted by molar-refractivity contribution is 4.88. The first kappa shape index (κ1) is 34.0. The van der Waals surface area contributed by atoms with Gasteiger partial charge in [-0.1, -0.05) is 0 Å². The smallest absolute Gasteiger partial charge is 0.277 e. The van der Waals surface area contributed by atoms with Crippen LogP contribution in [0.3, 0.4) is 0 Å². The van der Waals surface area contributed by atoms with Gasteiger partial charge in [0.1, 0.15) is 0 Å². The Hall–Kier alpha value is -1.02. The van der Waals surface area contributed by atoms with Crippen LogP contribution in [0.15, 0.2) is 12.2 Å². The van der Waals surface area contributed by atoms with Gasteiger partial charge in [0.2, 0.25) is 0 Å². The molecule has 0 aromatic heterocycles. The second-order valence-corrected chi connectivity index (χ2v) is 5.76. The molecule has 0 amide bonds. The Morgan fingerprint density at radius 3 is 1.14 bits per heavy atom. The van der Waals surface area contributed by atoms with Crippen molar-refractivity contribution in [1.82, 2.24) is 0 Å². The van der Waals surface area contributed by atoms with E-state index < -0.39 is 70.6 Å². The van der Waals surface area contributed by atoms with E-state index in [2.05, 4.69) is 28.4 Å². The molecule has 0 aromatic carbocycles. The number of hydrogen-bond donors (Lipinski definition) is 9. The lowest BCUT2D eigenvalue weighted by Crippen LogP contribution is -2.35. The van der Waals surface area contributed by atoms with Gasteiger partial charge in [-0.05, 0) is 19.1 Å². The van der Waals surface area contributed by atoms with Crippen LogP contribution in [0.2, 0.25) is 0 Å². The van der Waals surface area contributed by atoms with Gasteiger partial charge in [0.05, 0.1) is 6.61 Å². The van der Waals surface area contributed by atoms with Gasteiger partial charge >= 0.3 is 0 Å². The molecule has 0 heterocycles. The zero-order chi connectivity index (χ0) is 27.0. The largest absolute Gasteiger partial charge is 0.391 e. The number of methoxy groups -OCH3 is 2. The summed E-state index contributed by atoms with van der Waals surface area (Å²) in [6.45, 7) is -13.0. The van der Waals surface area contributed by atoms with E-state index in [1.54, 1.807) is 0 Å². The Morgan fingerprint density at radius 2 is 0.829 bits per heavy atom. The molecular formula is C16H32O19. The van der Waals surface area contributed by atoms with Crippen LogP contribution >= 0.6 is 0 Å². The summed E-state index contributed by atoms with van der Waals surface area (Å²) < 4.78 is 45.5. The molecule has 0 fully saturated rings. The number of hydrogen-bond acceptors (Lipinski definition) is 19. The summed E-state index contributed by atoms with van der Waals surface area (Å²) in [5.41, 5.74) is 0. The molecule has 35 heavy (non-hydrogen) atoms. The molecule has 19 heteroatoms. The minimum absolute atomic E-state index is 0.878. The lowest BCUT2D eigenvalue weighted by Gasteiger charge is -2.23. The van der Waals surface area contributed by atoms with Gasteiger partial charge in [-0.15, -0.1) is 0 Å². The minimum atomic E-state index is -2.31. The second kappa shape index (κ2) is 19.1. The molecule has 0 aliphatic carbocycles. The Kier molecular flexibility index (Phi) is 18.6. The third kappa shape index (κ3) is 18.0. The van der Waals surface area contributed by atoms with Crippen molar-refractivity contribution < 1.29 is 93.3 Å². The van der Waals surface area contributed by atoms with Crippen LogP contribution in [0.4, 0.5) is 0 Å². The van der Waals surface area contributed by atoms with Gasteiger partial charge in [0.15, 0.2) is 25.2 Å². The van der Waals surface area contributed by atoms with E-state index in [4.69, 9.17) is 34.3 Å². The monoisotopic (exact) mass is 528 g/mol. The molecule has 0 radical (unpaired) electrons. The summed E-state index contributed by atoms with van der Waals surface area (Å²) >= 11 is 0. The molecule has 0 saturated heterocycles. The van der Waals surface area contributed by atoms with Crippen LogP contribution < -0.4 is 0 Å². The van der Waals surface area contributed by atoms with Gasteiger partial charge in [-0.25, -0.2) is 0 Å². The van der Waals surface area contributed by atoms with E-state index in [0.29, 0.717) is 0 Å². The fraction of sp³-hybridized carbons (Fsp3) is 0.875. The molecule has 0 bridgehead atoms. The van der Waals surface area contributed by atoms with Crippen molar-refractivity contribution in [3.63, 3.8) is 0 Å². The third-order valence-electron chi connectivity index (χ3n) is 3.07. The highest BCUT2D eigenvalue weighted by Gasteiger charge is 2.23. The van der Waals surface area contributed by atoms with Crippen molar-refractivity contribution in [2.45, 2.75) is 70.9 Å². The van der Waals surface area contributed by atoms with E-state index in [9.17, 15) is 30.6 Å². The van der Waals surface area contributed by atoms with Gasteiger partial charge in [-0.2, -0.15) is 0 Å².